The summed E-state index contributed by atoms with van der Waals surface area (Å²) in [6.07, 6.45) is 0.891. The van der Waals surface area contributed by atoms with Gasteiger partial charge in [-0.3, -0.25) is 9.59 Å². The first-order chi connectivity index (χ1) is 10.1. The van der Waals surface area contributed by atoms with E-state index in [4.69, 9.17) is 4.74 Å². The van der Waals surface area contributed by atoms with Crippen molar-refractivity contribution in [2.75, 3.05) is 31.2 Å². The van der Waals surface area contributed by atoms with Crippen molar-refractivity contribution in [3.8, 4) is 5.75 Å². The normalized spacial score (nSPS) is 17.6. The summed E-state index contributed by atoms with van der Waals surface area (Å²) in [5.74, 6) is -0.630. The molecule has 0 saturated carbocycles. The molecule has 21 heavy (non-hydrogen) atoms. The summed E-state index contributed by atoms with van der Waals surface area (Å²) in [7, 11) is 0. The van der Waals surface area contributed by atoms with Gasteiger partial charge in [0.05, 0.1) is 18.9 Å². The third kappa shape index (κ3) is 3.80. The van der Waals surface area contributed by atoms with Crippen LogP contribution in [-0.4, -0.2) is 43.2 Å². The van der Waals surface area contributed by atoms with Gasteiger partial charge >= 0.3 is 0 Å². The van der Waals surface area contributed by atoms with E-state index in [1.54, 1.807) is 6.07 Å². The molecule has 3 rings (SSSR count). The number of ether oxygens (including phenoxy) is 1. The number of fused-ring (bicyclic) bond motifs is 1. The number of aryl methyl sites for hydroxylation is 1. The minimum atomic E-state index is -0.359. The number of para-hydroxylation sites is 1. The fraction of sp³-hybridized carbons (Fsp3) is 0.467. The van der Waals surface area contributed by atoms with Crippen molar-refractivity contribution >= 4 is 17.5 Å². The zero-order valence-corrected chi connectivity index (χ0v) is 12.1. The van der Waals surface area contributed by atoms with Crippen LogP contribution in [0.3, 0.4) is 0 Å². The maximum atomic E-state index is 11.5. The molecule has 6 nitrogen and oxygen atoms in total. The summed E-state index contributed by atoms with van der Waals surface area (Å²) in [6, 6.07) is 5.01. The van der Waals surface area contributed by atoms with Crippen molar-refractivity contribution in [3.05, 3.63) is 23.8 Å². The molecule has 0 aromatic heterocycles. The minimum Gasteiger partial charge on any atom is -0.506 e. The van der Waals surface area contributed by atoms with Crippen LogP contribution in [0.4, 0.5) is 5.69 Å². The lowest BCUT2D eigenvalue weighted by Crippen LogP contribution is -2.38. The van der Waals surface area contributed by atoms with Gasteiger partial charge in [0.25, 0.3) is 0 Å². The van der Waals surface area contributed by atoms with E-state index in [0.717, 1.165) is 36.8 Å². The van der Waals surface area contributed by atoms with Gasteiger partial charge in [0.2, 0.25) is 11.8 Å². The van der Waals surface area contributed by atoms with E-state index in [0.29, 0.717) is 18.5 Å². The topological polar surface area (TPSA) is 78.9 Å². The number of amides is 2. The number of carbonyl (C=O) groups excluding carboxylic acids is 2. The summed E-state index contributed by atoms with van der Waals surface area (Å²) in [6.45, 7) is 5.15. The van der Waals surface area contributed by atoms with E-state index in [1.165, 1.54) is 13.0 Å². The lowest BCUT2D eigenvalue weighted by molar-refractivity contribution is -0.125. The van der Waals surface area contributed by atoms with E-state index in [1.807, 2.05) is 6.07 Å². The number of hydrogen-bond acceptors (Lipinski definition) is 5. The lowest BCUT2D eigenvalue weighted by Gasteiger charge is -2.27. The van der Waals surface area contributed by atoms with E-state index < -0.39 is 0 Å². The smallest absolute Gasteiger partial charge is 0.234 e. The van der Waals surface area contributed by atoms with Crippen LogP contribution < -0.4 is 10.2 Å². The first-order valence-corrected chi connectivity index (χ1v) is 7.04. The number of nitrogens with one attached hydrogen (secondary N) is 1. The molecule has 1 aromatic carbocycles. The Morgan fingerprint density at radius 1 is 1.29 bits per heavy atom. The van der Waals surface area contributed by atoms with Crippen LogP contribution in [0.1, 0.15) is 18.9 Å². The zero-order chi connectivity index (χ0) is 15.2. The average Bonchev–Trinajstić information content (AvgIpc) is 2.50. The van der Waals surface area contributed by atoms with Crippen LogP contribution in [0.15, 0.2) is 18.2 Å². The summed E-state index contributed by atoms with van der Waals surface area (Å²) in [5.41, 5.74) is 1.19. The molecule has 0 unspecified atom stereocenters. The Labute approximate surface area is 123 Å². The first-order valence-electron chi connectivity index (χ1n) is 7.04. The Bertz CT molecular complexity index is 515. The molecular formula is C15H20N2O4. The Kier molecular flexibility index (Phi) is 5.30. The second-order valence-corrected chi connectivity index (χ2v) is 4.90. The Balaban J connectivity index is 0.000000225. The van der Waals surface area contributed by atoms with Crippen LogP contribution in [0.5, 0.6) is 5.75 Å². The molecule has 1 saturated heterocycles. The molecule has 2 amide bonds. The quantitative estimate of drug-likeness (QED) is 0.740. The predicted octanol–water partition coefficient (Wildman–Crippen LogP) is 0.824. The molecule has 0 bridgehead atoms. The third-order valence-corrected chi connectivity index (χ3v) is 3.34. The van der Waals surface area contributed by atoms with Gasteiger partial charge in [-0.1, -0.05) is 12.1 Å². The molecule has 2 heterocycles. The number of phenols is 1. The second-order valence-electron chi connectivity index (χ2n) is 4.90. The van der Waals surface area contributed by atoms with Gasteiger partial charge in [0, 0.05) is 26.4 Å². The molecule has 1 fully saturated rings. The largest absolute Gasteiger partial charge is 0.506 e. The van der Waals surface area contributed by atoms with E-state index in [9.17, 15) is 14.7 Å². The molecule has 2 aliphatic rings. The number of hydrogen-bond donors (Lipinski definition) is 2. The standard InChI is InChI=1S/C11H11NO3.C4H9NO/c1-7(13)12-10(15)6-5-8-3-2-4-9(14)11(8)12;1-3-6-4-2-5-1/h2-4,14H,5-6H2,1H3;5H,1-4H2. The van der Waals surface area contributed by atoms with Gasteiger partial charge in [0.15, 0.2) is 0 Å². The number of imide groups is 1. The van der Waals surface area contributed by atoms with Gasteiger partial charge in [-0.25, -0.2) is 4.90 Å². The van der Waals surface area contributed by atoms with Gasteiger partial charge in [0.1, 0.15) is 5.75 Å². The van der Waals surface area contributed by atoms with E-state index >= 15 is 0 Å². The zero-order valence-electron chi connectivity index (χ0n) is 12.1. The Morgan fingerprint density at radius 3 is 2.52 bits per heavy atom. The maximum absolute atomic E-state index is 11.5. The van der Waals surface area contributed by atoms with Crippen molar-refractivity contribution in [1.82, 2.24) is 5.32 Å². The highest BCUT2D eigenvalue weighted by Crippen LogP contribution is 2.35. The lowest BCUT2D eigenvalue weighted by atomic mass is 10.0. The summed E-state index contributed by atoms with van der Waals surface area (Å²) in [4.78, 5) is 23.9. The molecule has 1 aromatic rings. The van der Waals surface area contributed by atoms with Crippen molar-refractivity contribution in [3.63, 3.8) is 0 Å². The number of carbonyl (C=O) groups is 2. The maximum Gasteiger partial charge on any atom is 0.234 e. The SMILES string of the molecule is C1COCCN1.CC(=O)N1C(=O)CCc2cccc(O)c21. The highest BCUT2D eigenvalue weighted by atomic mass is 16.5. The number of nitrogens with zero attached hydrogens (tertiary/aromatic N) is 1. The summed E-state index contributed by atoms with van der Waals surface area (Å²) >= 11 is 0. The number of morpholine rings is 1. The van der Waals surface area contributed by atoms with Crippen molar-refractivity contribution in [1.29, 1.82) is 0 Å². The van der Waals surface area contributed by atoms with Crippen LogP contribution in [0, 0.1) is 0 Å². The number of phenolic OH excluding ortho intramolecular Hbond substituents is 1. The van der Waals surface area contributed by atoms with E-state index in [2.05, 4.69) is 5.32 Å². The molecule has 2 N–H and O–H groups in total. The molecule has 2 aliphatic heterocycles. The fourth-order valence-electron chi connectivity index (χ4n) is 2.36. The molecule has 0 aliphatic carbocycles. The third-order valence-electron chi connectivity index (χ3n) is 3.34. The second kappa shape index (κ2) is 7.19. The van der Waals surface area contributed by atoms with Crippen LogP contribution in [0.25, 0.3) is 0 Å². The fourth-order valence-corrected chi connectivity index (χ4v) is 2.36. The van der Waals surface area contributed by atoms with Crippen molar-refractivity contribution in [2.24, 2.45) is 0 Å². The van der Waals surface area contributed by atoms with Crippen LogP contribution >= 0.6 is 0 Å². The first kappa shape index (κ1) is 15.5. The number of benzene rings is 1. The molecule has 0 radical (unpaired) electrons. The molecule has 0 spiro atoms. The van der Waals surface area contributed by atoms with Crippen molar-refractivity contribution in [2.45, 2.75) is 19.8 Å². The van der Waals surface area contributed by atoms with Gasteiger partial charge in [-0.15, -0.1) is 0 Å². The molecular weight excluding hydrogens is 272 g/mol. The predicted molar refractivity (Wildman–Crippen MR) is 78.3 cm³/mol. The van der Waals surface area contributed by atoms with Gasteiger partial charge in [-0.2, -0.15) is 0 Å². The highest BCUT2D eigenvalue weighted by molar-refractivity contribution is 6.16. The monoisotopic (exact) mass is 292 g/mol. The number of rotatable bonds is 0. The average molecular weight is 292 g/mol. The highest BCUT2D eigenvalue weighted by Gasteiger charge is 2.29. The Hall–Kier alpha value is -1.92. The van der Waals surface area contributed by atoms with E-state index in [-0.39, 0.29) is 17.6 Å². The minimum absolute atomic E-state index is 0.0178. The van der Waals surface area contributed by atoms with Crippen LogP contribution in [0.2, 0.25) is 0 Å². The number of anilines is 1. The summed E-state index contributed by atoms with van der Waals surface area (Å²) < 4.78 is 5.01. The van der Waals surface area contributed by atoms with Gasteiger partial charge in [-0.05, 0) is 18.1 Å². The Morgan fingerprint density at radius 2 is 2.00 bits per heavy atom. The van der Waals surface area contributed by atoms with Crippen molar-refractivity contribution < 1.29 is 19.4 Å². The molecule has 114 valence electrons. The number of aromatic hydroxyl groups is 1. The summed E-state index contributed by atoms with van der Waals surface area (Å²) in [5, 5.41) is 12.8. The molecule has 6 heteroatoms. The van der Waals surface area contributed by atoms with Crippen LogP contribution in [-0.2, 0) is 20.7 Å². The van der Waals surface area contributed by atoms with Gasteiger partial charge < -0.3 is 15.2 Å². The molecule has 0 atom stereocenters.